The van der Waals surface area contributed by atoms with Gasteiger partial charge in [-0.05, 0) is 82.6 Å². The van der Waals surface area contributed by atoms with Crippen LogP contribution in [0.4, 0.5) is 0 Å². The van der Waals surface area contributed by atoms with Crippen molar-refractivity contribution in [2.75, 3.05) is 0 Å². The predicted molar refractivity (Wildman–Crippen MR) is 138 cm³/mol. The third-order valence-electron chi connectivity index (χ3n) is 10.8. The van der Waals surface area contributed by atoms with Gasteiger partial charge >= 0.3 is 0 Å². The van der Waals surface area contributed by atoms with Gasteiger partial charge in [0.15, 0.2) is 0 Å². The third-order valence-corrected chi connectivity index (χ3v) is 10.8. The highest BCUT2D eigenvalue weighted by Crippen LogP contribution is 2.67. The van der Waals surface area contributed by atoms with Crippen molar-refractivity contribution < 1.29 is 0 Å². The van der Waals surface area contributed by atoms with E-state index in [1.54, 1.807) is 0 Å². The first kappa shape index (κ1) is 20.9. The van der Waals surface area contributed by atoms with Crippen LogP contribution in [0.15, 0.2) is 54.6 Å². The average Bonchev–Trinajstić information content (AvgIpc) is 2.83. The lowest BCUT2D eigenvalue weighted by Crippen LogP contribution is -2.51. The van der Waals surface area contributed by atoms with E-state index >= 15 is 0 Å². The molecule has 1 aromatic carbocycles. The van der Waals surface area contributed by atoms with Gasteiger partial charge < -0.3 is 0 Å². The molecule has 2 nitrogen and oxygen atoms in total. The van der Waals surface area contributed by atoms with Gasteiger partial charge in [0.25, 0.3) is 0 Å². The van der Waals surface area contributed by atoms with Crippen molar-refractivity contribution in [3.8, 4) is 11.4 Å². The van der Waals surface area contributed by atoms with Gasteiger partial charge in [-0.3, -0.25) is 9.97 Å². The van der Waals surface area contributed by atoms with Gasteiger partial charge in [-0.1, -0.05) is 77.1 Å². The number of rotatable bonds is 3. The molecule has 9 rings (SSSR count). The minimum Gasteiger partial charge on any atom is -0.251 e. The van der Waals surface area contributed by atoms with E-state index in [1.165, 1.54) is 40.9 Å². The van der Waals surface area contributed by atoms with Crippen LogP contribution in [-0.2, 0) is 6.42 Å². The Balaban J connectivity index is 1.29. The molecule has 6 aliphatic carbocycles. The second-order valence-electron chi connectivity index (χ2n) is 12.9. The van der Waals surface area contributed by atoms with E-state index < -0.39 is 0 Å². The van der Waals surface area contributed by atoms with Crippen LogP contribution >= 0.6 is 0 Å². The van der Waals surface area contributed by atoms with Crippen molar-refractivity contribution >= 4 is 0 Å². The number of pyridine rings is 2. The van der Waals surface area contributed by atoms with E-state index in [-0.39, 0.29) is 0 Å². The number of hydrogen-bond acceptors (Lipinski definition) is 2. The molecule has 34 heavy (non-hydrogen) atoms. The molecule has 3 aromatic rings. The molecule has 0 spiro atoms. The summed E-state index contributed by atoms with van der Waals surface area (Å²) in [5.74, 6) is 3.81. The summed E-state index contributed by atoms with van der Waals surface area (Å²) in [4.78, 5) is 10.6. The molecule has 2 fully saturated rings. The molecule has 4 bridgehead atoms. The van der Waals surface area contributed by atoms with Crippen LogP contribution in [0.25, 0.3) is 11.4 Å². The maximum atomic E-state index is 5.38. The SMILES string of the molecule is CC1c2nc(-c3ccc4c(n3)C(Cc3ccccc3)[C@H]3C[C@@H]4C3(C)C)ccc2[C@@H]2C[C@H]1C2(C)C. The van der Waals surface area contributed by atoms with Gasteiger partial charge in [0.1, 0.15) is 0 Å². The molecule has 2 saturated carbocycles. The summed E-state index contributed by atoms with van der Waals surface area (Å²) in [5.41, 5.74) is 9.99. The van der Waals surface area contributed by atoms with Crippen LogP contribution in [0.3, 0.4) is 0 Å². The first-order chi connectivity index (χ1) is 16.3. The second-order valence-corrected chi connectivity index (χ2v) is 12.9. The fourth-order valence-electron chi connectivity index (χ4n) is 8.50. The number of nitrogens with zero attached hydrogens (tertiary/aromatic N) is 2. The van der Waals surface area contributed by atoms with Crippen LogP contribution in [0.5, 0.6) is 0 Å². The second kappa shape index (κ2) is 6.80. The van der Waals surface area contributed by atoms with Gasteiger partial charge in [0.2, 0.25) is 0 Å². The maximum Gasteiger partial charge on any atom is 0.0889 e. The van der Waals surface area contributed by atoms with Gasteiger partial charge in [0, 0.05) is 23.2 Å². The first-order valence-corrected chi connectivity index (χ1v) is 13.3. The van der Waals surface area contributed by atoms with E-state index in [0.717, 1.165) is 23.7 Å². The molecule has 2 heteroatoms. The molecule has 2 aromatic heterocycles. The quantitative estimate of drug-likeness (QED) is 0.407. The summed E-state index contributed by atoms with van der Waals surface area (Å²) in [5, 5.41) is 0. The summed E-state index contributed by atoms with van der Waals surface area (Å²) in [6, 6.07) is 20.3. The molecule has 0 amide bonds. The molecular formula is C32H36N2. The fourth-order valence-corrected chi connectivity index (χ4v) is 8.50. The largest absolute Gasteiger partial charge is 0.251 e. The summed E-state index contributed by atoms with van der Waals surface area (Å²) in [6.07, 6.45) is 3.73. The third kappa shape index (κ3) is 2.63. The predicted octanol–water partition coefficient (Wildman–Crippen LogP) is 7.86. The van der Waals surface area contributed by atoms with Crippen molar-refractivity contribution in [1.82, 2.24) is 9.97 Å². The van der Waals surface area contributed by atoms with E-state index in [0.29, 0.717) is 40.4 Å². The average molecular weight is 449 g/mol. The van der Waals surface area contributed by atoms with Crippen LogP contribution in [0, 0.1) is 22.7 Å². The van der Waals surface area contributed by atoms with Crippen molar-refractivity contribution in [3.63, 3.8) is 0 Å². The van der Waals surface area contributed by atoms with Crippen molar-refractivity contribution in [2.24, 2.45) is 22.7 Å². The summed E-state index contributed by atoms with van der Waals surface area (Å²) in [6.45, 7) is 12.2. The molecule has 0 radical (unpaired) electrons. The molecule has 0 saturated heterocycles. The highest BCUT2D eigenvalue weighted by atomic mass is 14.8. The lowest BCUT2D eigenvalue weighted by Gasteiger charge is -2.60. The number of hydrogen-bond donors (Lipinski definition) is 0. The molecule has 174 valence electrons. The Morgan fingerprint density at radius 2 is 1.26 bits per heavy atom. The van der Waals surface area contributed by atoms with Gasteiger partial charge in [0.05, 0.1) is 11.4 Å². The van der Waals surface area contributed by atoms with Crippen molar-refractivity contribution in [3.05, 3.63) is 82.7 Å². The lowest BCUT2D eigenvalue weighted by atomic mass is 9.44. The molecule has 0 aliphatic heterocycles. The van der Waals surface area contributed by atoms with E-state index in [2.05, 4.69) is 89.2 Å². The fraction of sp³-hybridized carbons (Fsp3) is 0.500. The number of aromatic nitrogens is 2. The Morgan fingerprint density at radius 1 is 0.706 bits per heavy atom. The number of benzene rings is 1. The Hall–Kier alpha value is -2.48. The maximum absolute atomic E-state index is 5.38. The highest BCUT2D eigenvalue weighted by molar-refractivity contribution is 5.59. The van der Waals surface area contributed by atoms with Crippen LogP contribution in [-0.4, -0.2) is 9.97 Å². The monoisotopic (exact) mass is 448 g/mol. The van der Waals surface area contributed by atoms with Crippen LogP contribution in [0.1, 0.15) is 99.2 Å². The molecule has 2 heterocycles. The highest BCUT2D eigenvalue weighted by Gasteiger charge is 2.58. The zero-order chi connectivity index (χ0) is 23.4. The summed E-state index contributed by atoms with van der Waals surface area (Å²) >= 11 is 0. The Labute approximate surface area is 204 Å². The summed E-state index contributed by atoms with van der Waals surface area (Å²) < 4.78 is 0. The summed E-state index contributed by atoms with van der Waals surface area (Å²) in [7, 11) is 0. The van der Waals surface area contributed by atoms with Gasteiger partial charge in [-0.25, -0.2) is 0 Å². The topological polar surface area (TPSA) is 25.8 Å². The van der Waals surface area contributed by atoms with Crippen molar-refractivity contribution in [2.45, 2.75) is 77.6 Å². The van der Waals surface area contributed by atoms with E-state index in [9.17, 15) is 0 Å². The zero-order valence-electron chi connectivity index (χ0n) is 21.2. The van der Waals surface area contributed by atoms with Gasteiger partial charge in [-0.2, -0.15) is 0 Å². The standard InChI is InChI=1S/C32H36N2/c1-18-23-16-24(31(23,2)3)20-11-13-27(33-29(18)20)28-14-12-21-25-17-26(32(25,4)5)22(30(21)34-28)15-19-9-7-6-8-10-19/h6-14,18,22-26H,15-17H2,1-5H3/t18?,22?,23-,24+,25+,26-/m1/s1. The van der Waals surface area contributed by atoms with Crippen molar-refractivity contribution in [1.29, 1.82) is 0 Å². The molecule has 0 N–H and O–H groups in total. The van der Waals surface area contributed by atoms with E-state index in [4.69, 9.17) is 9.97 Å². The lowest BCUT2D eigenvalue weighted by molar-refractivity contribution is -0.00747. The van der Waals surface area contributed by atoms with Gasteiger partial charge in [-0.15, -0.1) is 0 Å². The zero-order valence-corrected chi connectivity index (χ0v) is 21.2. The van der Waals surface area contributed by atoms with Crippen LogP contribution < -0.4 is 0 Å². The smallest absolute Gasteiger partial charge is 0.0889 e. The molecule has 6 aliphatic rings. The van der Waals surface area contributed by atoms with Crippen LogP contribution in [0.2, 0.25) is 0 Å². The molecular weight excluding hydrogens is 412 g/mol. The molecule has 2 unspecified atom stereocenters. The molecule has 6 atom stereocenters. The normalized spacial score (nSPS) is 33.2. The Morgan fingerprint density at radius 3 is 1.88 bits per heavy atom. The first-order valence-electron chi connectivity index (χ1n) is 13.3. The van der Waals surface area contributed by atoms with E-state index in [1.807, 2.05) is 0 Å². The minimum atomic E-state index is 0.364. The Bertz CT molecular complexity index is 1290. The Kier molecular flexibility index (Phi) is 4.17. The minimum absolute atomic E-state index is 0.364.